The van der Waals surface area contributed by atoms with Crippen molar-refractivity contribution in [2.24, 2.45) is 0 Å². The highest BCUT2D eigenvalue weighted by Gasteiger charge is 2.13. The Morgan fingerprint density at radius 2 is 1.79 bits per heavy atom. The minimum atomic E-state index is -0.0559. The molecule has 98 valence electrons. The maximum absolute atomic E-state index is 12.1. The molecule has 2 aromatic carbocycles. The normalized spacial score (nSPS) is 11.9. The van der Waals surface area contributed by atoms with Gasteiger partial charge < -0.3 is 5.32 Å². The predicted molar refractivity (Wildman–Crippen MR) is 89.2 cm³/mol. The zero-order valence-electron chi connectivity index (χ0n) is 10.4. The van der Waals surface area contributed by atoms with Gasteiger partial charge in [0.15, 0.2) is 0 Å². The van der Waals surface area contributed by atoms with Crippen molar-refractivity contribution < 1.29 is 4.79 Å². The van der Waals surface area contributed by atoms with E-state index in [0.29, 0.717) is 5.56 Å². The average molecular weight is 430 g/mol. The van der Waals surface area contributed by atoms with Crippen LogP contribution in [0.5, 0.6) is 0 Å². The van der Waals surface area contributed by atoms with Gasteiger partial charge in [0.2, 0.25) is 0 Å². The molecule has 2 rings (SSSR count). The summed E-state index contributed by atoms with van der Waals surface area (Å²) in [5.74, 6) is -0.0559. The number of amides is 1. The topological polar surface area (TPSA) is 29.1 Å². The summed E-state index contributed by atoms with van der Waals surface area (Å²) in [6.07, 6.45) is 0. The molecule has 2 aromatic rings. The van der Waals surface area contributed by atoms with Gasteiger partial charge in [0, 0.05) is 13.6 Å². The minimum absolute atomic E-state index is 0.0395. The summed E-state index contributed by atoms with van der Waals surface area (Å²) in [6.45, 7) is 1.98. The van der Waals surface area contributed by atoms with E-state index in [0.717, 1.165) is 13.6 Å². The van der Waals surface area contributed by atoms with Crippen molar-refractivity contribution in [1.29, 1.82) is 0 Å². The molecule has 1 amide bonds. The van der Waals surface area contributed by atoms with Crippen LogP contribution in [-0.4, -0.2) is 5.91 Å². The molecule has 19 heavy (non-hydrogen) atoms. The van der Waals surface area contributed by atoms with Crippen LogP contribution in [-0.2, 0) is 0 Å². The molecule has 2 nitrogen and oxygen atoms in total. The fourth-order valence-electron chi connectivity index (χ4n) is 1.79. The number of halogens is 2. The van der Waals surface area contributed by atoms with Crippen LogP contribution in [0, 0.1) is 3.57 Å². The molecule has 4 heteroatoms. The summed E-state index contributed by atoms with van der Waals surface area (Å²) >= 11 is 5.72. The van der Waals surface area contributed by atoms with Gasteiger partial charge in [0.25, 0.3) is 5.91 Å². The van der Waals surface area contributed by atoms with Gasteiger partial charge >= 0.3 is 0 Å². The molecule has 1 atom stereocenters. The standard InChI is InChI=1S/C15H13BrINO/c1-10(13-4-2-3-5-14(13)16)18-15(19)11-6-8-12(17)9-7-11/h2-10H,1H3,(H,18,19). The third-order valence-corrected chi connectivity index (χ3v) is 4.27. The Labute approximate surface area is 134 Å². The van der Waals surface area contributed by atoms with Crippen molar-refractivity contribution in [3.05, 3.63) is 67.7 Å². The number of benzene rings is 2. The molecule has 0 saturated heterocycles. The summed E-state index contributed by atoms with van der Waals surface area (Å²) in [7, 11) is 0. The number of rotatable bonds is 3. The fraction of sp³-hybridized carbons (Fsp3) is 0.133. The largest absolute Gasteiger partial charge is 0.345 e. The van der Waals surface area contributed by atoms with Gasteiger partial charge in [-0.15, -0.1) is 0 Å². The van der Waals surface area contributed by atoms with Crippen LogP contribution in [0.4, 0.5) is 0 Å². The molecular weight excluding hydrogens is 417 g/mol. The van der Waals surface area contributed by atoms with Gasteiger partial charge in [-0.3, -0.25) is 4.79 Å². The van der Waals surface area contributed by atoms with E-state index in [1.165, 1.54) is 0 Å². The Morgan fingerprint density at radius 3 is 2.42 bits per heavy atom. The lowest BCUT2D eigenvalue weighted by molar-refractivity contribution is 0.0940. The molecule has 0 spiro atoms. The fourth-order valence-corrected chi connectivity index (χ4v) is 2.77. The van der Waals surface area contributed by atoms with Gasteiger partial charge in [0.05, 0.1) is 6.04 Å². The summed E-state index contributed by atoms with van der Waals surface area (Å²) in [5, 5.41) is 3.00. The lowest BCUT2D eigenvalue weighted by Crippen LogP contribution is -2.26. The zero-order chi connectivity index (χ0) is 13.8. The Hall–Kier alpha value is -0.880. The summed E-state index contributed by atoms with van der Waals surface area (Å²) < 4.78 is 2.12. The van der Waals surface area contributed by atoms with Crippen molar-refractivity contribution in [2.45, 2.75) is 13.0 Å². The lowest BCUT2D eigenvalue weighted by atomic mass is 10.1. The molecule has 0 aliphatic rings. The van der Waals surface area contributed by atoms with Gasteiger partial charge in [-0.1, -0.05) is 34.1 Å². The second kappa shape index (κ2) is 6.52. The Balaban J connectivity index is 2.11. The first-order valence-corrected chi connectivity index (χ1v) is 7.76. The Bertz CT molecular complexity index is 583. The molecule has 0 bridgehead atoms. The lowest BCUT2D eigenvalue weighted by Gasteiger charge is -2.15. The molecule has 0 aromatic heterocycles. The van der Waals surface area contributed by atoms with Crippen LogP contribution in [0.3, 0.4) is 0 Å². The number of hydrogen-bond acceptors (Lipinski definition) is 1. The van der Waals surface area contributed by atoms with Crippen molar-refractivity contribution >= 4 is 44.4 Å². The summed E-state index contributed by atoms with van der Waals surface area (Å²) in [5.41, 5.74) is 1.75. The van der Waals surface area contributed by atoms with Crippen LogP contribution in [0.1, 0.15) is 28.9 Å². The third-order valence-electron chi connectivity index (χ3n) is 2.83. The maximum Gasteiger partial charge on any atom is 0.251 e. The van der Waals surface area contributed by atoms with Crippen LogP contribution < -0.4 is 5.32 Å². The molecule has 0 heterocycles. The second-order valence-electron chi connectivity index (χ2n) is 4.22. The van der Waals surface area contributed by atoms with Crippen molar-refractivity contribution in [1.82, 2.24) is 5.32 Å². The molecular formula is C15H13BrINO. The quantitative estimate of drug-likeness (QED) is 0.712. The predicted octanol–water partition coefficient (Wildman–Crippen LogP) is 4.54. The summed E-state index contributed by atoms with van der Waals surface area (Å²) in [6, 6.07) is 15.4. The highest BCUT2D eigenvalue weighted by molar-refractivity contribution is 14.1. The van der Waals surface area contributed by atoms with E-state index in [-0.39, 0.29) is 11.9 Å². The van der Waals surface area contributed by atoms with E-state index in [9.17, 15) is 4.79 Å². The van der Waals surface area contributed by atoms with Gasteiger partial charge in [-0.05, 0) is 65.4 Å². The Morgan fingerprint density at radius 1 is 1.16 bits per heavy atom. The van der Waals surface area contributed by atoms with Crippen molar-refractivity contribution in [2.75, 3.05) is 0 Å². The molecule has 1 N–H and O–H groups in total. The number of nitrogens with one attached hydrogen (secondary N) is 1. The Kier molecular flexibility index (Phi) is 4.99. The van der Waals surface area contributed by atoms with Crippen molar-refractivity contribution in [3.8, 4) is 0 Å². The number of carbonyl (C=O) groups is 1. The molecule has 0 saturated carbocycles. The first-order valence-electron chi connectivity index (χ1n) is 5.89. The first-order chi connectivity index (χ1) is 9.08. The van der Waals surface area contributed by atoms with Crippen molar-refractivity contribution in [3.63, 3.8) is 0 Å². The first kappa shape index (κ1) is 14.5. The van der Waals surface area contributed by atoms with E-state index in [1.54, 1.807) is 0 Å². The minimum Gasteiger partial charge on any atom is -0.345 e. The molecule has 0 aliphatic carbocycles. The van der Waals surface area contributed by atoms with Crippen LogP contribution in [0.25, 0.3) is 0 Å². The molecule has 0 fully saturated rings. The summed E-state index contributed by atoms with van der Waals surface area (Å²) in [4.78, 5) is 12.1. The van der Waals surface area contributed by atoms with Crippen LogP contribution in [0.2, 0.25) is 0 Å². The third kappa shape index (κ3) is 3.79. The highest BCUT2D eigenvalue weighted by atomic mass is 127. The van der Waals surface area contributed by atoms with E-state index in [2.05, 4.69) is 43.8 Å². The molecule has 0 radical (unpaired) electrons. The van der Waals surface area contributed by atoms with E-state index < -0.39 is 0 Å². The van der Waals surface area contributed by atoms with E-state index in [1.807, 2.05) is 55.5 Å². The number of carbonyl (C=O) groups excluding carboxylic acids is 1. The van der Waals surface area contributed by atoms with Gasteiger partial charge in [-0.25, -0.2) is 0 Å². The monoisotopic (exact) mass is 429 g/mol. The van der Waals surface area contributed by atoms with E-state index in [4.69, 9.17) is 0 Å². The smallest absolute Gasteiger partial charge is 0.251 e. The van der Waals surface area contributed by atoms with Gasteiger partial charge in [0.1, 0.15) is 0 Å². The van der Waals surface area contributed by atoms with Crippen LogP contribution in [0.15, 0.2) is 53.0 Å². The molecule has 0 aliphatic heterocycles. The average Bonchev–Trinajstić information content (AvgIpc) is 2.39. The number of hydrogen-bond donors (Lipinski definition) is 1. The highest BCUT2D eigenvalue weighted by Crippen LogP contribution is 2.23. The maximum atomic E-state index is 12.1. The van der Waals surface area contributed by atoms with E-state index >= 15 is 0 Å². The SMILES string of the molecule is CC(NC(=O)c1ccc(I)cc1)c1ccccc1Br. The van der Waals surface area contributed by atoms with Gasteiger partial charge in [-0.2, -0.15) is 0 Å². The zero-order valence-corrected chi connectivity index (χ0v) is 14.1. The van der Waals surface area contributed by atoms with Crippen LogP contribution >= 0.6 is 38.5 Å². The second-order valence-corrected chi connectivity index (χ2v) is 6.32. The molecule has 1 unspecified atom stereocenters.